The van der Waals surface area contributed by atoms with Gasteiger partial charge in [0.2, 0.25) is 0 Å². The SMILES string of the molecule is C/C(=N\NC(=O)C(=O)Nc1ccc(C)cc1C)c1ccc([N+](=O)[O-])cc1. The van der Waals surface area contributed by atoms with E-state index in [1.54, 1.807) is 13.0 Å². The zero-order valence-electron chi connectivity index (χ0n) is 14.6. The molecular formula is C18H18N4O4. The summed E-state index contributed by atoms with van der Waals surface area (Å²) >= 11 is 0. The second-order valence-electron chi connectivity index (χ2n) is 5.71. The van der Waals surface area contributed by atoms with Crippen molar-refractivity contribution in [3.05, 3.63) is 69.3 Å². The molecule has 0 aliphatic heterocycles. The molecule has 0 spiro atoms. The molecule has 0 fully saturated rings. The number of nitrogens with zero attached hydrogens (tertiary/aromatic N) is 2. The van der Waals surface area contributed by atoms with Gasteiger partial charge in [-0.15, -0.1) is 0 Å². The quantitative estimate of drug-likeness (QED) is 0.380. The molecule has 0 radical (unpaired) electrons. The van der Waals surface area contributed by atoms with E-state index in [2.05, 4.69) is 15.8 Å². The normalized spacial score (nSPS) is 11.0. The fourth-order valence-corrected chi connectivity index (χ4v) is 2.21. The topological polar surface area (TPSA) is 114 Å². The van der Waals surface area contributed by atoms with Crippen LogP contribution in [-0.4, -0.2) is 22.4 Å². The molecule has 2 aromatic rings. The maximum Gasteiger partial charge on any atom is 0.329 e. The number of aryl methyl sites for hydroxylation is 2. The molecule has 2 N–H and O–H groups in total. The number of hydrazone groups is 1. The third kappa shape index (κ3) is 4.73. The number of hydrogen-bond acceptors (Lipinski definition) is 5. The molecule has 0 saturated heterocycles. The molecule has 8 heteroatoms. The molecule has 0 saturated carbocycles. The summed E-state index contributed by atoms with van der Waals surface area (Å²) in [5, 5.41) is 17.0. The lowest BCUT2D eigenvalue weighted by Crippen LogP contribution is -2.33. The Hall–Kier alpha value is -3.55. The van der Waals surface area contributed by atoms with Gasteiger partial charge in [-0.3, -0.25) is 19.7 Å². The summed E-state index contributed by atoms with van der Waals surface area (Å²) in [6.07, 6.45) is 0. The number of anilines is 1. The molecule has 26 heavy (non-hydrogen) atoms. The molecule has 0 aliphatic rings. The maximum absolute atomic E-state index is 12.0. The number of hydrogen-bond donors (Lipinski definition) is 2. The predicted molar refractivity (Wildman–Crippen MR) is 98.0 cm³/mol. The first-order chi connectivity index (χ1) is 12.3. The van der Waals surface area contributed by atoms with Crippen molar-refractivity contribution in [3.63, 3.8) is 0 Å². The van der Waals surface area contributed by atoms with Crippen LogP contribution in [0.4, 0.5) is 11.4 Å². The Kier molecular flexibility index (Phi) is 5.79. The lowest BCUT2D eigenvalue weighted by atomic mass is 10.1. The molecule has 0 bridgehead atoms. The van der Waals surface area contributed by atoms with Gasteiger partial charge in [0.15, 0.2) is 0 Å². The minimum Gasteiger partial charge on any atom is -0.317 e. The van der Waals surface area contributed by atoms with Crippen molar-refractivity contribution in [2.24, 2.45) is 5.10 Å². The summed E-state index contributed by atoms with van der Waals surface area (Å²) in [4.78, 5) is 34.0. The van der Waals surface area contributed by atoms with Gasteiger partial charge in [-0.2, -0.15) is 5.10 Å². The molecule has 2 aromatic carbocycles. The van der Waals surface area contributed by atoms with E-state index in [9.17, 15) is 19.7 Å². The molecule has 0 aliphatic carbocycles. The first-order valence-corrected chi connectivity index (χ1v) is 7.75. The number of benzene rings is 2. The van der Waals surface area contributed by atoms with Crippen molar-refractivity contribution in [1.82, 2.24) is 5.43 Å². The average molecular weight is 354 g/mol. The van der Waals surface area contributed by atoms with E-state index in [1.165, 1.54) is 24.3 Å². The van der Waals surface area contributed by atoms with E-state index in [0.29, 0.717) is 17.0 Å². The molecule has 2 rings (SSSR count). The van der Waals surface area contributed by atoms with Crippen LogP contribution in [0.2, 0.25) is 0 Å². The van der Waals surface area contributed by atoms with Gasteiger partial charge in [-0.25, -0.2) is 5.43 Å². The first-order valence-electron chi connectivity index (χ1n) is 7.75. The van der Waals surface area contributed by atoms with Gasteiger partial charge < -0.3 is 5.32 Å². The van der Waals surface area contributed by atoms with Crippen LogP contribution in [0.3, 0.4) is 0 Å². The standard InChI is InChI=1S/C18H18N4O4/c1-11-4-9-16(12(2)10-11)19-17(23)18(24)21-20-13(3)14-5-7-15(8-6-14)22(25)26/h4-10H,1-3H3,(H,19,23)(H,21,24)/b20-13+. The number of nitro benzene ring substituents is 1. The molecule has 0 unspecified atom stereocenters. The summed E-state index contributed by atoms with van der Waals surface area (Å²) in [5.74, 6) is -1.75. The van der Waals surface area contributed by atoms with Gasteiger partial charge in [0, 0.05) is 17.8 Å². The highest BCUT2D eigenvalue weighted by molar-refractivity contribution is 6.39. The number of non-ortho nitro benzene ring substituents is 1. The van der Waals surface area contributed by atoms with Crippen LogP contribution < -0.4 is 10.7 Å². The highest BCUT2D eigenvalue weighted by atomic mass is 16.6. The predicted octanol–water partition coefficient (Wildman–Crippen LogP) is 2.69. The highest BCUT2D eigenvalue weighted by Crippen LogP contribution is 2.16. The molecule has 8 nitrogen and oxygen atoms in total. The summed E-state index contributed by atoms with van der Waals surface area (Å²) in [5.41, 5.74) is 5.57. The van der Waals surface area contributed by atoms with Gasteiger partial charge in [0.1, 0.15) is 0 Å². The van der Waals surface area contributed by atoms with E-state index in [-0.39, 0.29) is 5.69 Å². The van der Waals surface area contributed by atoms with Gasteiger partial charge in [0.05, 0.1) is 10.6 Å². The second-order valence-corrected chi connectivity index (χ2v) is 5.71. The Balaban J connectivity index is 2.00. The summed E-state index contributed by atoms with van der Waals surface area (Å²) in [7, 11) is 0. The largest absolute Gasteiger partial charge is 0.329 e. The molecule has 2 amide bonds. The lowest BCUT2D eigenvalue weighted by molar-refractivity contribution is -0.384. The van der Waals surface area contributed by atoms with Crippen molar-refractivity contribution < 1.29 is 14.5 Å². The number of rotatable bonds is 4. The van der Waals surface area contributed by atoms with Crippen molar-refractivity contribution >= 4 is 28.9 Å². The Morgan fingerprint density at radius 2 is 1.69 bits per heavy atom. The minimum absolute atomic E-state index is 0.0431. The van der Waals surface area contributed by atoms with E-state index < -0.39 is 16.7 Å². The number of nitro groups is 1. The summed E-state index contributed by atoms with van der Waals surface area (Å²) in [6, 6.07) is 11.1. The molecule has 134 valence electrons. The maximum atomic E-state index is 12.0. The van der Waals surface area contributed by atoms with Crippen molar-refractivity contribution in [2.45, 2.75) is 20.8 Å². The van der Waals surface area contributed by atoms with Gasteiger partial charge >= 0.3 is 11.8 Å². The van der Waals surface area contributed by atoms with Crippen LogP contribution >= 0.6 is 0 Å². The fraction of sp³-hybridized carbons (Fsp3) is 0.167. The minimum atomic E-state index is -0.911. The lowest BCUT2D eigenvalue weighted by Gasteiger charge is -2.08. The van der Waals surface area contributed by atoms with Crippen LogP contribution in [0.5, 0.6) is 0 Å². The van der Waals surface area contributed by atoms with Crippen LogP contribution in [-0.2, 0) is 9.59 Å². The molecule has 0 heterocycles. The molecule has 0 atom stereocenters. The van der Waals surface area contributed by atoms with Gasteiger partial charge in [0.25, 0.3) is 5.69 Å². The Bertz CT molecular complexity index is 889. The zero-order valence-corrected chi connectivity index (χ0v) is 14.6. The Morgan fingerprint density at radius 1 is 1.04 bits per heavy atom. The fourth-order valence-electron chi connectivity index (χ4n) is 2.21. The Labute approximate surface area is 150 Å². The third-order valence-electron chi connectivity index (χ3n) is 3.66. The smallest absolute Gasteiger partial charge is 0.317 e. The number of carbonyl (C=O) groups excluding carboxylic acids is 2. The third-order valence-corrected chi connectivity index (χ3v) is 3.66. The zero-order chi connectivity index (χ0) is 19.3. The van der Waals surface area contributed by atoms with Crippen LogP contribution in [0.15, 0.2) is 47.6 Å². The van der Waals surface area contributed by atoms with E-state index in [0.717, 1.165) is 11.1 Å². The van der Waals surface area contributed by atoms with Crippen LogP contribution in [0.1, 0.15) is 23.6 Å². The highest BCUT2D eigenvalue weighted by Gasteiger charge is 2.14. The van der Waals surface area contributed by atoms with Gasteiger partial charge in [-0.1, -0.05) is 17.7 Å². The number of carbonyl (C=O) groups is 2. The van der Waals surface area contributed by atoms with Crippen molar-refractivity contribution in [3.8, 4) is 0 Å². The Morgan fingerprint density at radius 3 is 2.27 bits per heavy atom. The number of nitrogens with one attached hydrogen (secondary N) is 2. The molecular weight excluding hydrogens is 336 g/mol. The van der Waals surface area contributed by atoms with E-state index in [4.69, 9.17) is 0 Å². The average Bonchev–Trinajstić information content (AvgIpc) is 2.61. The monoisotopic (exact) mass is 354 g/mol. The second kappa shape index (κ2) is 8.02. The van der Waals surface area contributed by atoms with Gasteiger partial charge in [-0.05, 0) is 50.1 Å². The first kappa shape index (κ1) is 18.8. The number of amides is 2. The van der Waals surface area contributed by atoms with E-state index in [1.807, 2.05) is 26.0 Å². The summed E-state index contributed by atoms with van der Waals surface area (Å²) in [6.45, 7) is 5.38. The van der Waals surface area contributed by atoms with Crippen LogP contribution in [0.25, 0.3) is 0 Å². The summed E-state index contributed by atoms with van der Waals surface area (Å²) < 4.78 is 0. The molecule has 0 aromatic heterocycles. The van der Waals surface area contributed by atoms with Crippen molar-refractivity contribution in [1.29, 1.82) is 0 Å². The van der Waals surface area contributed by atoms with Crippen molar-refractivity contribution in [2.75, 3.05) is 5.32 Å². The van der Waals surface area contributed by atoms with E-state index >= 15 is 0 Å². The van der Waals surface area contributed by atoms with Crippen LogP contribution in [0, 0.1) is 24.0 Å².